The fourth-order valence-corrected chi connectivity index (χ4v) is 3.93. The van der Waals surface area contributed by atoms with Crippen LogP contribution >= 0.6 is 0 Å². The van der Waals surface area contributed by atoms with Crippen molar-refractivity contribution < 1.29 is 18.7 Å². The van der Waals surface area contributed by atoms with Crippen LogP contribution in [0.2, 0.25) is 0 Å². The van der Waals surface area contributed by atoms with Gasteiger partial charge in [-0.2, -0.15) is 0 Å². The second-order valence-corrected chi connectivity index (χ2v) is 7.81. The molecule has 2 aromatic rings. The number of likely N-dealkylation sites (tertiary alicyclic amines) is 1. The molecule has 0 aliphatic carbocycles. The van der Waals surface area contributed by atoms with E-state index < -0.39 is 0 Å². The number of ether oxygens (including phenoxy) is 2. The summed E-state index contributed by atoms with van der Waals surface area (Å²) < 4.78 is 16.1. The second-order valence-electron chi connectivity index (χ2n) is 7.81. The Hall–Kier alpha value is -2.31. The number of rotatable bonds is 9. The van der Waals surface area contributed by atoms with Gasteiger partial charge in [0.25, 0.3) is 0 Å². The molecule has 3 rings (SSSR count). The van der Waals surface area contributed by atoms with Crippen LogP contribution in [0.5, 0.6) is 5.75 Å². The fourth-order valence-electron chi connectivity index (χ4n) is 3.93. The van der Waals surface area contributed by atoms with Crippen LogP contribution in [0.1, 0.15) is 42.8 Å². The highest BCUT2D eigenvalue weighted by atomic mass is 16.5. The predicted molar refractivity (Wildman–Crippen MR) is 113 cm³/mol. The number of nitrogens with zero attached hydrogens (tertiary/aromatic N) is 1. The van der Waals surface area contributed by atoms with Gasteiger partial charge in [0.15, 0.2) is 0 Å². The van der Waals surface area contributed by atoms with Gasteiger partial charge < -0.3 is 19.2 Å². The molecular formula is C23H32N2O4. The Morgan fingerprint density at radius 2 is 2.07 bits per heavy atom. The summed E-state index contributed by atoms with van der Waals surface area (Å²) in [6.07, 6.45) is 3.79. The maximum atomic E-state index is 12.4. The molecule has 1 amide bonds. The Morgan fingerprint density at radius 1 is 1.24 bits per heavy atom. The van der Waals surface area contributed by atoms with Crippen molar-refractivity contribution in [1.29, 1.82) is 0 Å². The number of carbonyl (C=O) groups is 1. The minimum atomic E-state index is 0.0747. The van der Waals surface area contributed by atoms with Gasteiger partial charge in [0.05, 0.1) is 13.7 Å². The van der Waals surface area contributed by atoms with E-state index in [0.29, 0.717) is 18.9 Å². The van der Waals surface area contributed by atoms with Gasteiger partial charge in [-0.25, -0.2) is 0 Å². The molecule has 1 aromatic heterocycles. The topological polar surface area (TPSA) is 63.9 Å². The van der Waals surface area contributed by atoms with E-state index in [0.717, 1.165) is 61.0 Å². The molecule has 1 fully saturated rings. The molecule has 0 spiro atoms. The van der Waals surface area contributed by atoms with Crippen LogP contribution in [0.25, 0.3) is 0 Å². The SMILES string of the molecule is COCc1ccc(CN2CCC[C@@H](CCC(=O)Nc3ccc(OC)cc3C)C2)o1. The zero-order valence-corrected chi connectivity index (χ0v) is 17.7. The summed E-state index contributed by atoms with van der Waals surface area (Å²) in [7, 11) is 3.31. The molecule has 0 radical (unpaired) electrons. The lowest BCUT2D eigenvalue weighted by Gasteiger charge is -2.32. The lowest BCUT2D eigenvalue weighted by Crippen LogP contribution is -2.35. The molecule has 158 valence electrons. The maximum absolute atomic E-state index is 12.4. The number of nitrogens with one attached hydrogen (secondary N) is 1. The molecule has 1 aliphatic rings. The van der Waals surface area contributed by atoms with Crippen molar-refractivity contribution in [2.24, 2.45) is 5.92 Å². The lowest BCUT2D eigenvalue weighted by molar-refractivity contribution is -0.116. The van der Waals surface area contributed by atoms with E-state index in [1.165, 1.54) is 6.42 Å². The van der Waals surface area contributed by atoms with Crippen LogP contribution in [-0.4, -0.2) is 38.1 Å². The first-order valence-corrected chi connectivity index (χ1v) is 10.3. The number of aryl methyl sites for hydroxylation is 1. The Morgan fingerprint density at radius 3 is 2.83 bits per heavy atom. The molecular weight excluding hydrogens is 368 g/mol. The Balaban J connectivity index is 1.44. The molecule has 0 saturated carbocycles. The highest BCUT2D eigenvalue weighted by molar-refractivity contribution is 5.91. The van der Waals surface area contributed by atoms with Crippen LogP contribution in [-0.2, 0) is 22.7 Å². The second kappa shape index (κ2) is 10.5. The third kappa shape index (κ3) is 6.34. The smallest absolute Gasteiger partial charge is 0.224 e. The molecule has 6 heteroatoms. The van der Waals surface area contributed by atoms with E-state index in [1.54, 1.807) is 14.2 Å². The van der Waals surface area contributed by atoms with Gasteiger partial charge in [-0.1, -0.05) is 0 Å². The average Bonchev–Trinajstić information content (AvgIpc) is 3.15. The van der Waals surface area contributed by atoms with E-state index >= 15 is 0 Å². The molecule has 0 bridgehead atoms. The minimum absolute atomic E-state index is 0.0747. The summed E-state index contributed by atoms with van der Waals surface area (Å²) in [5.74, 6) is 3.26. The van der Waals surface area contributed by atoms with Gasteiger partial charge in [-0.3, -0.25) is 9.69 Å². The average molecular weight is 401 g/mol. The molecule has 1 aliphatic heterocycles. The Kier molecular flexibility index (Phi) is 7.72. The number of benzene rings is 1. The first kappa shape index (κ1) is 21.4. The summed E-state index contributed by atoms with van der Waals surface area (Å²) in [5, 5.41) is 3.03. The number of hydrogen-bond donors (Lipinski definition) is 1. The van der Waals surface area contributed by atoms with E-state index in [-0.39, 0.29) is 5.91 Å². The molecule has 0 unspecified atom stereocenters. The summed E-state index contributed by atoms with van der Waals surface area (Å²) in [6.45, 7) is 5.38. The summed E-state index contributed by atoms with van der Waals surface area (Å²) in [4.78, 5) is 14.8. The molecule has 29 heavy (non-hydrogen) atoms. The number of carbonyl (C=O) groups excluding carboxylic acids is 1. The van der Waals surface area contributed by atoms with Crippen molar-refractivity contribution in [3.63, 3.8) is 0 Å². The normalized spacial score (nSPS) is 17.3. The molecule has 1 saturated heterocycles. The van der Waals surface area contributed by atoms with Crippen molar-refractivity contribution in [2.45, 2.75) is 45.8 Å². The number of amides is 1. The van der Waals surface area contributed by atoms with Crippen molar-refractivity contribution in [3.8, 4) is 5.75 Å². The number of hydrogen-bond acceptors (Lipinski definition) is 5. The molecule has 1 aromatic carbocycles. The third-order valence-electron chi connectivity index (χ3n) is 5.47. The number of methoxy groups -OCH3 is 2. The number of piperidine rings is 1. The third-order valence-corrected chi connectivity index (χ3v) is 5.47. The highest BCUT2D eigenvalue weighted by Crippen LogP contribution is 2.25. The van der Waals surface area contributed by atoms with Crippen molar-refractivity contribution in [1.82, 2.24) is 4.90 Å². The largest absolute Gasteiger partial charge is 0.497 e. The van der Waals surface area contributed by atoms with Crippen LogP contribution in [0, 0.1) is 12.8 Å². The first-order valence-electron chi connectivity index (χ1n) is 10.3. The monoisotopic (exact) mass is 400 g/mol. The van der Waals surface area contributed by atoms with Gasteiger partial charge in [-0.05, 0) is 74.5 Å². The standard InChI is InChI=1S/C23H32N2O4/c1-17-13-19(28-3)9-10-22(17)24-23(26)11-6-18-5-4-12-25(14-18)15-20-7-8-21(29-20)16-27-2/h7-10,13,18H,4-6,11-12,14-16H2,1-3H3,(H,24,26)/t18-/m0/s1. The van der Waals surface area contributed by atoms with E-state index in [4.69, 9.17) is 13.9 Å². The summed E-state index contributed by atoms with van der Waals surface area (Å²) in [5.41, 5.74) is 1.86. The van der Waals surface area contributed by atoms with Gasteiger partial charge in [-0.15, -0.1) is 0 Å². The highest BCUT2D eigenvalue weighted by Gasteiger charge is 2.21. The quantitative estimate of drug-likeness (QED) is 0.677. The molecule has 2 heterocycles. The van der Waals surface area contributed by atoms with Crippen molar-refractivity contribution >= 4 is 11.6 Å². The van der Waals surface area contributed by atoms with Gasteiger partial charge in [0.2, 0.25) is 5.91 Å². The maximum Gasteiger partial charge on any atom is 0.224 e. The van der Waals surface area contributed by atoms with E-state index in [9.17, 15) is 4.79 Å². The summed E-state index contributed by atoms with van der Waals surface area (Å²) >= 11 is 0. The molecule has 1 N–H and O–H groups in total. The van der Waals surface area contributed by atoms with Crippen LogP contribution in [0.3, 0.4) is 0 Å². The van der Waals surface area contributed by atoms with Crippen molar-refractivity contribution in [2.75, 3.05) is 32.6 Å². The van der Waals surface area contributed by atoms with Gasteiger partial charge in [0, 0.05) is 25.8 Å². The first-order chi connectivity index (χ1) is 14.1. The van der Waals surface area contributed by atoms with Crippen LogP contribution < -0.4 is 10.1 Å². The molecule has 6 nitrogen and oxygen atoms in total. The fraction of sp³-hybridized carbons (Fsp3) is 0.522. The van der Waals surface area contributed by atoms with Gasteiger partial charge >= 0.3 is 0 Å². The van der Waals surface area contributed by atoms with Gasteiger partial charge in [0.1, 0.15) is 23.9 Å². The van der Waals surface area contributed by atoms with Crippen LogP contribution in [0.4, 0.5) is 5.69 Å². The number of anilines is 1. The Labute approximate surface area is 173 Å². The van der Waals surface area contributed by atoms with Crippen molar-refractivity contribution in [3.05, 3.63) is 47.4 Å². The zero-order valence-electron chi connectivity index (χ0n) is 17.7. The van der Waals surface area contributed by atoms with E-state index in [1.807, 2.05) is 37.3 Å². The van der Waals surface area contributed by atoms with Crippen LogP contribution in [0.15, 0.2) is 34.7 Å². The predicted octanol–water partition coefficient (Wildman–Crippen LogP) is 4.37. The number of furan rings is 1. The minimum Gasteiger partial charge on any atom is -0.497 e. The Bertz CT molecular complexity index is 802. The summed E-state index contributed by atoms with van der Waals surface area (Å²) in [6, 6.07) is 9.71. The molecule has 1 atom stereocenters. The van der Waals surface area contributed by atoms with E-state index in [2.05, 4.69) is 10.2 Å². The lowest BCUT2D eigenvalue weighted by atomic mass is 9.93. The zero-order chi connectivity index (χ0) is 20.6.